The van der Waals surface area contributed by atoms with Crippen LogP contribution >= 0.6 is 34.8 Å². The topological polar surface area (TPSA) is 74.6 Å². The molecule has 1 heterocycles. The number of aromatic nitrogens is 2. The van der Waals surface area contributed by atoms with Crippen LogP contribution in [-0.4, -0.2) is 37.0 Å². The van der Waals surface area contributed by atoms with Gasteiger partial charge in [-0.25, -0.2) is 0 Å². The number of carbonyl (C=O) groups is 1. The van der Waals surface area contributed by atoms with Gasteiger partial charge >= 0.3 is 0 Å². The van der Waals surface area contributed by atoms with Crippen molar-refractivity contribution in [3.05, 3.63) is 62.7 Å². The predicted octanol–water partition coefficient (Wildman–Crippen LogP) is 5.17. The molecule has 0 saturated carbocycles. The molecule has 1 amide bonds. The van der Waals surface area contributed by atoms with Crippen LogP contribution in [-0.2, 0) is 6.54 Å². The number of anilines is 1. The molecular weight excluding hydrogens is 453 g/mol. The second-order valence-electron chi connectivity index (χ2n) is 6.09. The van der Waals surface area contributed by atoms with Crippen molar-refractivity contribution < 1.29 is 19.0 Å². The molecule has 30 heavy (non-hydrogen) atoms. The molecule has 0 atom stereocenters. The van der Waals surface area contributed by atoms with Gasteiger partial charge in [-0.2, -0.15) is 5.10 Å². The summed E-state index contributed by atoms with van der Waals surface area (Å²) in [6, 6.07) is 8.36. The Balaban J connectivity index is 1.84. The lowest BCUT2D eigenvalue weighted by molar-refractivity contribution is 0.102. The van der Waals surface area contributed by atoms with Crippen LogP contribution in [0.15, 0.2) is 36.5 Å². The highest BCUT2D eigenvalue weighted by molar-refractivity contribution is 6.35. The Morgan fingerprint density at radius 3 is 2.37 bits per heavy atom. The molecule has 3 rings (SSSR count). The van der Waals surface area contributed by atoms with E-state index in [1.165, 1.54) is 21.3 Å². The first kappa shape index (κ1) is 22.1. The van der Waals surface area contributed by atoms with Crippen molar-refractivity contribution in [1.29, 1.82) is 0 Å². The molecule has 1 N–H and O–H groups in total. The summed E-state index contributed by atoms with van der Waals surface area (Å²) in [5.41, 5.74) is 1.04. The van der Waals surface area contributed by atoms with Gasteiger partial charge in [0.2, 0.25) is 5.75 Å². The minimum absolute atomic E-state index is 0.198. The third-order valence-electron chi connectivity index (χ3n) is 4.25. The third-order valence-corrected chi connectivity index (χ3v) is 5.11. The fraction of sp³-hybridized carbons (Fsp3) is 0.200. The summed E-state index contributed by atoms with van der Waals surface area (Å²) in [5, 5.41) is 8.34. The molecule has 7 nitrogen and oxygen atoms in total. The van der Waals surface area contributed by atoms with Gasteiger partial charge in [-0.3, -0.25) is 9.48 Å². The molecule has 0 fully saturated rings. The lowest BCUT2D eigenvalue weighted by Crippen LogP contribution is -2.15. The van der Waals surface area contributed by atoms with E-state index in [4.69, 9.17) is 49.0 Å². The van der Waals surface area contributed by atoms with Gasteiger partial charge in [0.25, 0.3) is 5.91 Å². The average molecular weight is 471 g/mol. The van der Waals surface area contributed by atoms with Crippen LogP contribution in [0.1, 0.15) is 15.9 Å². The summed E-state index contributed by atoms with van der Waals surface area (Å²) >= 11 is 18.4. The van der Waals surface area contributed by atoms with E-state index >= 15 is 0 Å². The second-order valence-corrected chi connectivity index (χ2v) is 7.35. The van der Waals surface area contributed by atoms with Crippen LogP contribution in [0.3, 0.4) is 0 Å². The predicted molar refractivity (Wildman–Crippen MR) is 117 cm³/mol. The fourth-order valence-corrected chi connectivity index (χ4v) is 3.51. The van der Waals surface area contributed by atoms with E-state index < -0.39 is 5.91 Å². The van der Waals surface area contributed by atoms with Crippen LogP contribution in [0.4, 0.5) is 5.82 Å². The first-order valence-corrected chi connectivity index (χ1v) is 9.78. The number of benzene rings is 2. The molecule has 0 bridgehead atoms. The Morgan fingerprint density at radius 1 is 1.00 bits per heavy atom. The van der Waals surface area contributed by atoms with E-state index in [1.807, 2.05) is 0 Å². The van der Waals surface area contributed by atoms with E-state index in [1.54, 1.807) is 41.2 Å². The number of rotatable bonds is 7. The summed E-state index contributed by atoms with van der Waals surface area (Å²) in [5.74, 6) is 0.709. The number of amides is 1. The zero-order valence-corrected chi connectivity index (χ0v) is 18.6. The smallest absolute Gasteiger partial charge is 0.260 e. The average Bonchev–Trinajstić information content (AvgIpc) is 3.07. The SMILES string of the molecule is COc1ccc(C(=O)Nc2nn(Cc3ccc(Cl)cc3Cl)cc2Cl)c(OC)c1OC. The third kappa shape index (κ3) is 4.59. The summed E-state index contributed by atoms with van der Waals surface area (Å²) in [4.78, 5) is 12.8. The summed E-state index contributed by atoms with van der Waals surface area (Å²) in [7, 11) is 4.39. The Labute approximate surface area is 188 Å². The number of nitrogens with one attached hydrogen (secondary N) is 1. The van der Waals surface area contributed by atoms with Gasteiger partial charge in [-0.1, -0.05) is 40.9 Å². The minimum atomic E-state index is -0.468. The standard InChI is InChI=1S/C20H18Cl3N3O4/c1-28-16-7-6-13(17(29-2)18(16)30-3)20(27)24-19-15(23)10-26(25-19)9-11-4-5-12(21)8-14(11)22/h4-8,10H,9H2,1-3H3,(H,24,25,27). The van der Waals surface area contributed by atoms with Crippen molar-refractivity contribution in [3.8, 4) is 17.2 Å². The Hall–Kier alpha value is -2.61. The molecule has 0 saturated heterocycles. The number of nitrogens with zero attached hydrogens (tertiary/aromatic N) is 2. The lowest BCUT2D eigenvalue weighted by atomic mass is 10.1. The molecule has 0 spiro atoms. The molecule has 158 valence electrons. The van der Waals surface area contributed by atoms with Crippen molar-refractivity contribution in [3.63, 3.8) is 0 Å². The maximum absolute atomic E-state index is 12.8. The molecule has 1 aromatic heterocycles. The van der Waals surface area contributed by atoms with E-state index in [9.17, 15) is 4.79 Å². The molecule has 10 heteroatoms. The maximum atomic E-state index is 12.8. The number of methoxy groups -OCH3 is 3. The second kappa shape index (κ2) is 9.47. The van der Waals surface area contributed by atoms with Crippen molar-refractivity contribution in [2.45, 2.75) is 6.54 Å². The molecule has 0 aliphatic carbocycles. The number of ether oxygens (including phenoxy) is 3. The number of carbonyl (C=O) groups excluding carboxylic acids is 1. The number of halogens is 3. The normalized spacial score (nSPS) is 10.6. The molecule has 2 aromatic carbocycles. The van der Waals surface area contributed by atoms with Crippen molar-refractivity contribution in [2.75, 3.05) is 26.6 Å². The molecule has 0 unspecified atom stereocenters. The van der Waals surface area contributed by atoms with Gasteiger partial charge < -0.3 is 19.5 Å². The lowest BCUT2D eigenvalue weighted by Gasteiger charge is -2.15. The van der Waals surface area contributed by atoms with Gasteiger partial charge in [0.15, 0.2) is 17.3 Å². The first-order valence-electron chi connectivity index (χ1n) is 8.65. The van der Waals surface area contributed by atoms with Crippen LogP contribution in [0.25, 0.3) is 0 Å². The van der Waals surface area contributed by atoms with Gasteiger partial charge in [-0.15, -0.1) is 0 Å². The molecule has 0 aliphatic heterocycles. The highest BCUT2D eigenvalue weighted by Gasteiger charge is 2.22. The maximum Gasteiger partial charge on any atom is 0.260 e. The molecule has 0 radical (unpaired) electrons. The summed E-state index contributed by atoms with van der Waals surface area (Å²) < 4.78 is 17.5. The highest BCUT2D eigenvalue weighted by Crippen LogP contribution is 2.40. The quantitative estimate of drug-likeness (QED) is 0.516. The Kier molecular flexibility index (Phi) is 6.97. The first-order chi connectivity index (χ1) is 14.4. The van der Waals surface area contributed by atoms with Crippen molar-refractivity contribution in [2.24, 2.45) is 0 Å². The zero-order valence-electron chi connectivity index (χ0n) is 16.3. The summed E-state index contributed by atoms with van der Waals surface area (Å²) in [6.07, 6.45) is 1.59. The summed E-state index contributed by atoms with van der Waals surface area (Å²) in [6.45, 7) is 0.352. The Bertz CT molecular complexity index is 1090. The monoisotopic (exact) mass is 469 g/mol. The number of hydrogen-bond donors (Lipinski definition) is 1. The van der Waals surface area contributed by atoms with E-state index in [0.29, 0.717) is 28.1 Å². The van der Waals surface area contributed by atoms with Gasteiger partial charge in [-0.05, 0) is 29.8 Å². The molecule has 0 aliphatic rings. The highest BCUT2D eigenvalue weighted by atomic mass is 35.5. The van der Waals surface area contributed by atoms with E-state index in [-0.39, 0.29) is 22.2 Å². The van der Waals surface area contributed by atoms with Crippen molar-refractivity contribution in [1.82, 2.24) is 9.78 Å². The van der Waals surface area contributed by atoms with Crippen LogP contribution in [0.2, 0.25) is 15.1 Å². The van der Waals surface area contributed by atoms with E-state index in [2.05, 4.69) is 10.4 Å². The number of hydrogen-bond acceptors (Lipinski definition) is 5. The van der Waals surface area contributed by atoms with Crippen LogP contribution in [0.5, 0.6) is 17.2 Å². The van der Waals surface area contributed by atoms with Gasteiger partial charge in [0.05, 0.1) is 33.4 Å². The minimum Gasteiger partial charge on any atom is -0.493 e. The van der Waals surface area contributed by atoms with Gasteiger partial charge in [0, 0.05) is 16.2 Å². The molecular formula is C20H18Cl3N3O4. The Morgan fingerprint density at radius 2 is 1.73 bits per heavy atom. The zero-order chi connectivity index (χ0) is 21.8. The molecule has 3 aromatic rings. The van der Waals surface area contributed by atoms with Crippen molar-refractivity contribution >= 4 is 46.5 Å². The largest absolute Gasteiger partial charge is 0.493 e. The van der Waals surface area contributed by atoms with Crippen LogP contribution in [0, 0.1) is 0 Å². The van der Waals surface area contributed by atoms with Crippen LogP contribution < -0.4 is 19.5 Å². The van der Waals surface area contributed by atoms with E-state index in [0.717, 1.165) is 5.56 Å². The fourth-order valence-electron chi connectivity index (χ4n) is 2.84. The van der Waals surface area contributed by atoms with Gasteiger partial charge in [0.1, 0.15) is 5.02 Å².